The summed E-state index contributed by atoms with van der Waals surface area (Å²) < 4.78 is 52.1. The van der Waals surface area contributed by atoms with Crippen LogP contribution in [0.15, 0.2) is 52.7 Å². The number of benzene rings is 1. The lowest BCUT2D eigenvalue weighted by molar-refractivity contribution is -0.106. The molecule has 0 aliphatic rings. The highest BCUT2D eigenvalue weighted by atomic mass is 32.2. The molecule has 0 N–H and O–H groups in total. The van der Waals surface area contributed by atoms with Gasteiger partial charge in [-0.25, -0.2) is 9.97 Å². The Balaban J connectivity index is 1.82. The van der Waals surface area contributed by atoms with E-state index in [2.05, 4.69) is 15.0 Å². The Hall–Kier alpha value is -2.76. The second-order valence-electron chi connectivity index (χ2n) is 6.84. The Morgan fingerprint density at radius 3 is 2.68 bits per heavy atom. The average Bonchev–Trinajstić information content (AvgIpc) is 3.14. The third-order valence-electron chi connectivity index (χ3n) is 4.52. The predicted octanol–water partition coefficient (Wildman–Crippen LogP) is 4.19. The molecular formula is C20H15F3N4O2S2. The van der Waals surface area contributed by atoms with Crippen LogP contribution in [-0.4, -0.2) is 36.0 Å². The van der Waals surface area contributed by atoms with Gasteiger partial charge in [-0.15, -0.1) is 11.3 Å². The molecule has 0 radical (unpaired) electrons. The summed E-state index contributed by atoms with van der Waals surface area (Å²) >= 11 is -1.13. The molecule has 3 aromatic heterocycles. The highest BCUT2D eigenvalue weighted by Crippen LogP contribution is 2.29. The highest BCUT2D eigenvalue weighted by Gasteiger charge is 2.36. The molecule has 4 rings (SSSR count). The summed E-state index contributed by atoms with van der Waals surface area (Å²) in [7, 11) is 0. The first kappa shape index (κ1) is 21.5. The van der Waals surface area contributed by atoms with Crippen LogP contribution >= 0.6 is 11.3 Å². The third-order valence-corrected chi connectivity index (χ3v) is 7.12. The van der Waals surface area contributed by atoms with Gasteiger partial charge in [0.25, 0.3) is 5.56 Å². The van der Waals surface area contributed by atoms with Crippen LogP contribution in [0.3, 0.4) is 0 Å². The summed E-state index contributed by atoms with van der Waals surface area (Å²) in [5.41, 5.74) is 2.04. The van der Waals surface area contributed by atoms with Gasteiger partial charge in [-0.05, 0) is 48.8 Å². The molecule has 0 bridgehead atoms. The van der Waals surface area contributed by atoms with Gasteiger partial charge in [0.05, 0.1) is 5.69 Å². The smallest absolute Gasteiger partial charge is 0.433 e. The quantitative estimate of drug-likeness (QED) is 0.423. The van der Waals surface area contributed by atoms with Crippen molar-refractivity contribution >= 4 is 32.9 Å². The summed E-state index contributed by atoms with van der Waals surface area (Å²) in [6.07, 6.45) is -0.0261. The Labute approximate surface area is 181 Å². The van der Waals surface area contributed by atoms with Crippen LogP contribution in [0.4, 0.5) is 13.2 Å². The van der Waals surface area contributed by atoms with E-state index in [1.165, 1.54) is 17.0 Å². The van der Waals surface area contributed by atoms with E-state index < -0.39 is 28.7 Å². The summed E-state index contributed by atoms with van der Waals surface area (Å²) in [5.74, 6) is -1.45. The maximum Gasteiger partial charge on any atom is 0.433 e. The number of hydrogen-bond acceptors (Lipinski definition) is 6. The number of rotatable bonds is 4. The number of aryl methyl sites for hydroxylation is 2. The zero-order valence-electron chi connectivity index (χ0n) is 16.3. The fraction of sp³-hybridized carbons (Fsp3) is 0.200. The van der Waals surface area contributed by atoms with Crippen molar-refractivity contribution in [1.29, 1.82) is 0 Å². The lowest BCUT2D eigenvalue weighted by atomic mass is 10.1. The van der Waals surface area contributed by atoms with Gasteiger partial charge in [0.2, 0.25) is 5.75 Å². The molecule has 6 nitrogen and oxygen atoms in total. The minimum absolute atomic E-state index is 0.0327. The normalized spacial score (nSPS) is 13.0. The molecule has 0 saturated carbocycles. The Morgan fingerprint density at radius 2 is 2.00 bits per heavy atom. The largest absolute Gasteiger partial charge is 0.611 e. The molecule has 0 aliphatic heterocycles. The predicted molar refractivity (Wildman–Crippen MR) is 113 cm³/mol. The summed E-state index contributed by atoms with van der Waals surface area (Å²) in [4.78, 5) is 25.8. The van der Waals surface area contributed by atoms with E-state index >= 15 is 0 Å². The molecule has 1 aromatic carbocycles. The van der Waals surface area contributed by atoms with Gasteiger partial charge in [0, 0.05) is 29.6 Å². The summed E-state index contributed by atoms with van der Waals surface area (Å²) in [6.45, 7) is 3.32. The van der Waals surface area contributed by atoms with Gasteiger partial charge < -0.3 is 4.55 Å². The number of aromatic nitrogens is 4. The summed E-state index contributed by atoms with van der Waals surface area (Å²) in [6, 6.07) is 6.55. The second kappa shape index (κ2) is 8.06. The van der Waals surface area contributed by atoms with Gasteiger partial charge in [0.1, 0.15) is 16.0 Å². The zero-order chi connectivity index (χ0) is 22.3. The molecule has 1 atom stereocenters. The van der Waals surface area contributed by atoms with E-state index in [9.17, 15) is 22.5 Å². The van der Waals surface area contributed by atoms with Crippen molar-refractivity contribution in [2.24, 2.45) is 0 Å². The molecule has 1 unspecified atom stereocenters. The van der Waals surface area contributed by atoms with E-state index in [0.29, 0.717) is 26.5 Å². The molecule has 0 aliphatic carbocycles. The van der Waals surface area contributed by atoms with Crippen molar-refractivity contribution in [1.82, 2.24) is 19.5 Å². The Bertz CT molecular complexity index is 1320. The summed E-state index contributed by atoms with van der Waals surface area (Å²) in [5, 5.41) is 0.582. The van der Waals surface area contributed by atoms with Crippen molar-refractivity contribution < 1.29 is 17.7 Å². The monoisotopic (exact) mass is 464 g/mol. The van der Waals surface area contributed by atoms with Gasteiger partial charge >= 0.3 is 6.18 Å². The van der Waals surface area contributed by atoms with E-state index in [0.717, 1.165) is 16.9 Å². The number of nitrogens with zero attached hydrogens (tertiary/aromatic N) is 4. The first-order valence-corrected chi connectivity index (χ1v) is 11.1. The fourth-order valence-corrected chi connectivity index (χ4v) is 5.20. The average molecular weight is 464 g/mol. The molecule has 11 heteroatoms. The molecule has 0 amide bonds. The number of fused-ring (bicyclic) bond motifs is 1. The molecule has 31 heavy (non-hydrogen) atoms. The van der Waals surface area contributed by atoms with E-state index in [1.807, 2.05) is 6.07 Å². The number of thiazole rings is 1. The first-order chi connectivity index (χ1) is 14.6. The first-order valence-electron chi connectivity index (χ1n) is 8.99. The van der Waals surface area contributed by atoms with Crippen LogP contribution < -0.4 is 5.56 Å². The van der Waals surface area contributed by atoms with Gasteiger partial charge in [-0.2, -0.15) is 13.2 Å². The minimum atomic E-state index is -4.56. The minimum Gasteiger partial charge on any atom is -0.611 e. The Morgan fingerprint density at radius 1 is 1.23 bits per heavy atom. The number of hydrogen-bond donors (Lipinski definition) is 0. The van der Waals surface area contributed by atoms with Crippen LogP contribution in [0.25, 0.3) is 26.6 Å². The van der Waals surface area contributed by atoms with Gasteiger partial charge in [-0.3, -0.25) is 14.3 Å². The lowest BCUT2D eigenvalue weighted by Gasteiger charge is -2.17. The zero-order valence-corrected chi connectivity index (χ0v) is 17.9. The molecule has 160 valence electrons. The van der Waals surface area contributed by atoms with E-state index in [-0.39, 0.29) is 10.5 Å². The molecule has 4 aromatic rings. The van der Waals surface area contributed by atoms with E-state index in [4.69, 9.17) is 0 Å². The number of alkyl halides is 3. The molecule has 3 heterocycles. The van der Waals surface area contributed by atoms with Crippen LogP contribution in [0.1, 0.15) is 11.1 Å². The molecule has 0 saturated heterocycles. The van der Waals surface area contributed by atoms with E-state index in [1.54, 1.807) is 38.4 Å². The van der Waals surface area contributed by atoms with Gasteiger partial charge in [0.15, 0.2) is 10.5 Å². The van der Waals surface area contributed by atoms with Crippen molar-refractivity contribution in [3.63, 3.8) is 0 Å². The van der Waals surface area contributed by atoms with Gasteiger partial charge in [-0.1, -0.05) is 0 Å². The molecule has 0 spiro atoms. The van der Waals surface area contributed by atoms with Crippen LogP contribution in [0.2, 0.25) is 0 Å². The van der Waals surface area contributed by atoms with Crippen LogP contribution in [0.5, 0.6) is 0 Å². The van der Waals surface area contributed by atoms with Crippen molar-refractivity contribution in [3.05, 3.63) is 64.5 Å². The maximum atomic E-state index is 13.1. The molecular weight excluding hydrogens is 449 g/mol. The van der Waals surface area contributed by atoms with Crippen molar-refractivity contribution in [2.45, 2.75) is 24.9 Å². The fourth-order valence-electron chi connectivity index (χ4n) is 3.15. The highest BCUT2D eigenvalue weighted by molar-refractivity contribution is 7.91. The van der Waals surface area contributed by atoms with Crippen molar-refractivity contribution in [2.75, 3.05) is 5.75 Å². The maximum absolute atomic E-state index is 13.1. The number of halogens is 3. The topological polar surface area (TPSA) is 83.7 Å². The SMILES string of the molecule is Cc1cc(C)c([S+]([O-])CC(F)(F)F)cc1-n1cnc2nc(-c3cccnc3)sc2c1=O. The van der Waals surface area contributed by atoms with Crippen LogP contribution in [-0.2, 0) is 11.2 Å². The Kier molecular flexibility index (Phi) is 5.58. The number of pyridine rings is 1. The van der Waals surface area contributed by atoms with Crippen LogP contribution in [0, 0.1) is 13.8 Å². The van der Waals surface area contributed by atoms with Crippen molar-refractivity contribution in [3.8, 4) is 16.3 Å². The lowest BCUT2D eigenvalue weighted by Crippen LogP contribution is -2.24. The molecule has 0 fully saturated rings. The third kappa shape index (κ3) is 4.34. The second-order valence-corrected chi connectivity index (χ2v) is 9.26. The standard InChI is InChI=1S/C20H15F3N4O2S2/c1-11-6-12(2)15(31(29)9-20(21,22)23)7-14(11)27-10-25-17-16(19(27)28)30-18(26-17)13-4-3-5-24-8-13/h3-8,10H,9H2,1-2H3.